The number of rotatable bonds is 5. The number of nitrogens with zero attached hydrogens (tertiary/aromatic N) is 4. The van der Waals surface area contributed by atoms with Crippen molar-refractivity contribution < 1.29 is 4.79 Å². The molecule has 3 heterocycles. The summed E-state index contributed by atoms with van der Waals surface area (Å²) in [7, 11) is 1.99. The SMILES string of the molecule is Cn1nccc1C1CCN(CCC(=O)Nc2sccc2C#N)CC1. The Labute approximate surface area is 145 Å². The van der Waals surface area contributed by atoms with Gasteiger partial charge in [-0.05, 0) is 43.4 Å². The lowest BCUT2D eigenvalue weighted by atomic mass is 9.93. The van der Waals surface area contributed by atoms with E-state index in [1.807, 2.05) is 23.3 Å². The topological polar surface area (TPSA) is 74.0 Å². The summed E-state index contributed by atoms with van der Waals surface area (Å²) in [5, 5.41) is 18.5. The number of carbonyl (C=O) groups excluding carboxylic acids is 1. The molecule has 0 saturated carbocycles. The van der Waals surface area contributed by atoms with Gasteiger partial charge in [-0.25, -0.2) is 0 Å². The van der Waals surface area contributed by atoms with E-state index in [2.05, 4.69) is 27.5 Å². The van der Waals surface area contributed by atoms with Gasteiger partial charge in [-0.2, -0.15) is 10.4 Å². The number of piperidine rings is 1. The van der Waals surface area contributed by atoms with E-state index < -0.39 is 0 Å². The smallest absolute Gasteiger partial charge is 0.226 e. The van der Waals surface area contributed by atoms with E-state index in [1.54, 1.807) is 6.07 Å². The van der Waals surface area contributed by atoms with Gasteiger partial charge in [-0.3, -0.25) is 9.48 Å². The molecule has 0 aromatic carbocycles. The fourth-order valence-electron chi connectivity index (χ4n) is 3.18. The Morgan fingerprint density at radius 3 is 2.92 bits per heavy atom. The first-order chi connectivity index (χ1) is 11.7. The van der Waals surface area contributed by atoms with Crippen molar-refractivity contribution in [3.8, 4) is 6.07 Å². The number of anilines is 1. The van der Waals surface area contributed by atoms with Gasteiger partial charge in [0.25, 0.3) is 0 Å². The minimum Gasteiger partial charge on any atom is -0.317 e. The second kappa shape index (κ2) is 7.60. The van der Waals surface area contributed by atoms with Crippen molar-refractivity contribution >= 4 is 22.2 Å². The van der Waals surface area contributed by atoms with Crippen molar-refractivity contribution in [3.05, 3.63) is 35.0 Å². The van der Waals surface area contributed by atoms with Crippen LogP contribution in [0.5, 0.6) is 0 Å². The summed E-state index contributed by atoms with van der Waals surface area (Å²) < 4.78 is 1.96. The lowest BCUT2D eigenvalue weighted by molar-refractivity contribution is -0.116. The molecule has 0 unspecified atom stereocenters. The number of hydrogen-bond acceptors (Lipinski definition) is 5. The molecule has 6 nitrogen and oxygen atoms in total. The van der Waals surface area contributed by atoms with Gasteiger partial charge in [-0.15, -0.1) is 11.3 Å². The standard InChI is InChI=1S/C17H21N5OS/c1-21-15(2-7-19-21)13-3-8-22(9-4-13)10-5-16(23)20-17-14(12-18)6-11-24-17/h2,6-7,11,13H,3-5,8-10H2,1H3,(H,20,23). The Bertz CT molecular complexity index is 736. The normalized spacial score (nSPS) is 16.0. The zero-order chi connectivity index (χ0) is 16.9. The van der Waals surface area contributed by atoms with Crippen molar-refractivity contribution in [2.75, 3.05) is 25.0 Å². The minimum absolute atomic E-state index is 0.0253. The molecule has 1 amide bonds. The van der Waals surface area contributed by atoms with Crippen molar-refractivity contribution in [3.63, 3.8) is 0 Å². The van der Waals surface area contributed by atoms with Crippen molar-refractivity contribution in [1.82, 2.24) is 14.7 Å². The Balaban J connectivity index is 1.43. The lowest BCUT2D eigenvalue weighted by Crippen LogP contribution is -2.35. The molecule has 0 aliphatic carbocycles. The maximum Gasteiger partial charge on any atom is 0.226 e. The molecule has 0 spiro atoms. The molecule has 0 bridgehead atoms. The summed E-state index contributed by atoms with van der Waals surface area (Å²) in [6.07, 6.45) is 4.51. The zero-order valence-corrected chi connectivity index (χ0v) is 14.6. The molecule has 3 rings (SSSR count). The van der Waals surface area contributed by atoms with Crippen molar-refractivity contribution in [1.29, 1.82) is 5.26 Å². The van der Waals surface area contributed by atoms with Crippen LogP contribution in [0.1, 0.15) is 36.4 Å². The molecule has 7 heteroatoms. The van der Waals surface area contributed by atoms with Crippen LogP contribution in [0.4, 0.5) is 5.00 Å². The third kappa shape index (κ3) is 3.83. The van der Waals surface area contributed by atoms with Gasteiger partial charge in [0.05, 0.1) is 5.56 Å². The highest BCUT2D eigenvalue weighted by molar-refractivity contribution is 7.14. The predicted molar refractivity (Wildman–Crippen MR) is 93.9 cm³/mol. The molecule has 126 valence electrons. The molecule has 24 heavy (non-hydrogen) atoms. The van der Waals surface area contributed by atoms with E-state index in [1.165, 1.54) is 17.0 Å². The zero-order valence-electron chi connectivity index (χ0n) is 13.7. The first-order valence-electron chi connectivity index (χ1n) is 8.15. The monoisotopic (exact) mass is 343 g/mol. The number of thiophene rings is 1. The van der Waals surface area contributed by atoms with Crippen LogP contribution in [-0.4, -0.2) is 40.2 Å². The lowest BCUT2D eigenvalue weighted by Gasteiger charge is -2.31. The molecule has 1 N–H and O–H groups in total. The molecule has 1 aliphatic heterocycles. The number of carbonyl (C=O) groups is 1. The highest BCUT2D eigenvalue weighted by atomic mass is 32.1. The average molecular weight is 343 g/mol. The highest BCUT2D eigenvalue weighted by Crippen LogP contribution is 2.27. The van der Waals surface area contributed by atoms with Gasteiger partial charge < -0.3 is 10.2 Å². The van der Waals surface area contributed by atoms with E-state index in [0.29, 0.717) is 22.9 Å². The fraction of sp³-hybridized carbons (Fsp3) is 0.471. The largest absolute Gasteiger partial charge is 0.317 e. The second-order valence-electron chi connectivity index (χ2n) is 6.07. The molecule has 0 radical (unpaired) electrons. The summed E-state index contributed by atoms with van der Waals surface area (Å²) >= 11 is 1.39. The van der Waals surface area contributed by atoms with Crippen LogP contribution >= 0.6 is 11.3 Å². The third-order valence-corrected chi connectivity index (χ3v) is 5.39. The molecule has 2 aromatic heterocycles. The molecule has 1 fully saturated rings. The number of aromatic nitrogens is 2. The summed E-state index contributed by atoms with van der Waals surface area (Å²) in [5.41, 5.74) is 1.83. The van der Waals surface area contributed by atoms with E-state index in [4.69, 9.17) is 5.26 Å². The van der Waals surface area contributed by atoms with Crippen LogP contribution in [0.3, 0.4) is 0 Å². The predicted octanol–water partition coefficient (Wildman–Crippen LogP) is 2.56. The number of nitrogens with one attached hydrogen (secondary N) is 1. The second-order valence-corrected chi connectivity index (χ2v) is 6.99. The van der Waals surface area contributed by atoms with Crippen LogP contribution in [0.15, 0.2) is 23.7 Å². The molecule has 0 atom stereocenters. The van der Waals surface area contributed by atoms with Gasteiger partial charge in [0.1, 0.15) is 11.1 Å². The van der Waals surface area contributed by atoms with Crippen LogP contribution in [0.25, 0.3) is 0 Å². The quantitative estimate of drug-likeness (QED) is 0.905. The van der Waals surface area contributed by atoms with Gasteiger partial charge in [-0.1, -0.05) is 0 Å². The Hall–Kier alpha value is -2.17. The maximum atomic E-state index is 12.1. The number of likely N-dealkylation sites (tertiary alicyclic amines) is 1. The van der Waals surface area contributed by atoms with Gasteiger partial charge >= 0.3 is 0 Å². The number of nitriles is 1. The fourth-order valence-corrected chi connectivity index (χ4v) is 3.93. The van der Waals surface area contributed by atoms with E-state index in [0.717, 1.165) is 32.5 Å². The minimum atomic E-state index is -0.0253. The van der Waals surface area contributed by atoms with Crippen molar-refractivity contribution in [2.24, 2.45) is 7.05 Å². The first kappa shape index (κ1) is 16.7. The van der Waals surface area contributed by atoms with E-state index in [-0.39, 0.29) is 5.91 Å². The van der Waals surface area contributed by atoms with Gasteiger partial charge in [0.2, 0.25) is 5.91 Å². The highest BCUT2D eigenvalue weighted by Gasteiger charge is 2.22. The number of hydrogen-bond donors (Lipinski definition) is 1. The Morgan fingerprint density at radius 2 is 2.25 bits per heavy atom. The third-order valence-electron chi connectivity index (χ3n) is 4.56. The summed E-state index contributed by atoms with van der Waals surface area (Å²) in [5.74, 6) is 0.537. The molecule has 2 aromatic rings. The number of aryl methyl sites for hydroxylation is 1. The van der Waals surface area contributed by atoms with E-state index >= 15 is 0 Å². The van der Waals surface area contributed by atoms with Crippen LogP contribution < -0.4 is 5.32 Å². The number of amides is 1. The summed E-state index contributed by atoms with van der Waals surface area (Å²) in [6, 6.07) is 5.91. The molecule has 1 saturated heterocycles. The van der Waals surface area contributed by atoms with Crippen LogP contribution in [0, 0.1) is 11.3 Å². The summed E-state index contributed by atoms with van der Waals surface area (Å²) in [4.78, 5) is 14.4. The van der Waals surface area contributed by atoms with Crippen molar-refractivity contribution in [2.45, 2.75) is 25.2 Å². The molecular formula is C17H21N5OS. The van der Waals surface area contributed by atoms with Gasteiger partial charge in [0.15, 0.2) is 0 Å². The maximum absolute atomic E-state index is 12.1. The first-order valence-corrected chi connectivity index (χ1v) is 9.03. The average Bonchev–Trinajstić information content (AvgIpc) is 3.22. The Kier molecular flexibility index (Phi) is 5.28. The Morgan fingerprint density at radius 1 is 1.46 bits per heavy atom. The van der Waals surface area contributed by atoms with Crippen LogP contribution in [0.2, 0.25) is 0 Å². The molecular weight excluding hydrogens is 322 g/mol. The van der Waals surface area contributed by atoms with E-state index in [9.17, 15) is 4.79 Å². The van der Waals surface area contributed by atoms with Gasteiger partial charge in [0, 0.05) is 37.8 Å². The molecule has 1 aliphatic rings. The van der Waals surface area contributed by atoms with Crippen LogP contribution in [-0.2, 0) is 11.8 Å². The summed E-state index contributed by atoms with van der Waals surface area (Å²) in [6.45, 7) is 2.77.